The van der Waals surface area contributed by atoms with Crippen LogP contribution in [0.1, 0.15) is 6.92 Å². The number of halogens is 1. The second kappa shape index (κ2) is 6.25. The van der Waals surface area contributed by atoms with E-state index in [0.29, 0.717) is 0 Å². The van der Waals surface area contributed by atoms with Gasteiger partial charge in [0.2, 0.25) is 0 Å². The monoisotopic (exact) mass is 202 g/mol. The molecule has 0 aromatic heterocycles. The van der Waals surface area contributed by atoms with Crippen molar-refractivity contribution in [1.29, 1.82) is 0 Å². The molecule has 13 heavy (non-hydrogen) atoms. The van der Waals surface area contributed by atoms with E-state index in [2.05, 4.69) is 16.3 Å². The number of esters is 1. The summed E-state index contributed by atoms with van der Waals surface area (Å²) >= 11 is 5.30. The van der Waals surface area contributed by atoms with Gasteiger partial charge in [-0.25, -0.2) is 9.79 Å². The fourth-order valence-corrected chi connectivity index (χ4v) is 0.674. The lowest BCUT2D eigenvalue weighted by atomic mass is 10.4. The molecule has 0 spiro atoms. The van der Waals surface area contributed by atoms with Gasteiger partial charge in [-0.05, 0) is 24.6 Å². The Morgan fingerprint density at radius 1 is 1.77 bits per heavy atom. The number of hydrogen-bond acceptors (Lipinski definition) is 3. The highest BCUT2D eigenvalue weighted by Gasteiger charge is 2.08. The van der Waals surface area contributed by atoms with Crippen LogP contribution in [0.5, 0.6) is 0 Å². The first kappa shape index (κ1) is 11.7. The maximum Gasteiger partial charge on any atom is 0.357 e. The van der Waals surface area contributed by atoms with Crippen LogP contribution in [-0.2, 0) is 9.53 Å². The predicted octanol–water partition coefficient (Wildman–Crippen LogP) is 1.17. The summed E-state index contributed by atoms with van der Waals surface area (Å²) in [6.45, 7) is 5.37. The van der Waals surface area contributed by atoms with Gasteiger partial charge in [0, 0.05) is 0 Å². The Labute approximate surface area is 81.7 Å². The third kappa shape index (κ3) is 5.03. The van der Waals surface area contributed by atoms with E-state index < -0.39 is 5.97 Å². The number of rotatable bonds is 4. The van der Waals surface area contributed by atoms with Crippen LogP contribution in [-0.4, -0.2) is 17.9 Å². The summed E-state index contributed by atoms with van der Waals surface area (Å²) in [4.78, 5) is 14.7. The van der Waals surface area contributed by atoms with Crippen LogP contribution in [0, 0.1) is 0 Å². The molecule has 0 heterocycles. The Hall–Kier alpha value is -1.29. The van der Waals surface area contributed by atoms with Crippen molar-refractivity contribution in [2.45, 2.75) is 6.92 Å². The molecular formula is C8H11ClN2O2. The number of nitrogens with zero attached hydrogens (tertiary/aromatic N) is 1. The van der Waals surface area contributed by atoms with Gasteiger partial charge in [-0.2, -0.15) is 0 Å². The molecule has 0 aliphatic carbocycles. The van der Waals surface area contributed by atoms with E-state index in [1.165, 1.54) is 12.2 Å². The Kier molecular flexibility index (Phi) is 5.63. The van der Waals surface area contributed by atoms with E-state index in [-0.39, 0.29) is 17.6 Å². The molecule has 0 unspecified atom stereocenters. The second-order valence-corrected chi connectivity index (χ2v) is 2.33. The first-order chi connectivity index (χ1) is 6.11. The second-order valence-electron chi connectivity index (χ2n) is 1.94. The van der Waals surface area contributed by atoms with Gasteiger partial charge in [0.05, 0.1) is 6.61 Å². The van der Waals surface area contributed by atoms with Gasteiger partial charge in [-0.1, -0.05) is 12.7 Å². The molecule has 0 aliphatic heterocycles. The van der Waals surface area contributed by atoms with Gasteiger partial charge in [0.25, 0.3) is 0 Å². The number of carbonyl (C=O) groups is 1. The fraction of sp³-hybridized carbons (Fsp3) is 0.250. The molecule has 0 atom stereocenters. The van der Waals surface area contributed by atoms with Crippen LogP contribution in [0.2, 0.25) is 0 Å². The minimum Gasteiger partial charge on any atom is -0.461 e. The largest absolute Gasteiger partial charge is 0.461 e. The maximum atomic E-state index is 11.1. The van der Waals surface area contributed by atoms with Crippen molar-refractivity contribution in [3.63, 3.8) is 0 Å². The summed E-state index contributed by atoms with van der Waals surface area (Å²) in [5.41, 5.74) is 5.12. The zero-order valence-corrected chi connectivity index (χ0v) is 8.04. The standard InChI is InChI=1S/C8H11ClN2O2/c1-3-5-6(11-8(9)10)7(12)13-4-2/h3,5H,1,4H2,2H3,(H2,10,11)/b6-5-. The first-order valence-electron chi connectivity index (χ1n) is 3.61. The molecule has 5 heteroatoms. The van der Waals surface area contributed by atoms with E-state index in [4.69, 9.17) is 17.3 Å². The number of hydrogen-bond donors (Lipinski definition) is 1. The molecule has 2 N–H and O–H groups in total. The van der Waals surface area contributed by atoms with E-state index >= 15 is 0 Å². The molecule has 0 rings (SSSR count). The van der Waals surface area contributed by atoms with Crippen LogP contribution >= 0.6 is 11.6 Å². The molecule has 0 aromatic carbocycles. The minimum absolute atomic E-state index is 0.0318. The third-order valence-corrected chi connectivity index (χ3v) is 1.07. The molecule has 0 saturated heterocycles. The molecule has 0 saturated carbocycles. The number of carbonyl (C=O) groups excluding carboxylic acids is 1. The molecular weight excluding hydrogens is 192 g/mol. The van der Waals surface area contributed by atoms with E-state index in [1.54, 1.807) is 6.92 Å². The van der Waals surface area contributed by atoms with Crippen LogP contribution < -0.4 is 5.73 Å². The Balaban J connectivity index is 4.62. The van der Waals surface area contributed by atoms with Gasteiger partial charge in [-0.3, -0.25) is 0 Å². The van der Waals surface area contributed by atoms with E-state index in [1.807, 2.05) is 0 Å². The smallest absolute Gasteiger partial charge is 0.357 e. The van der Waals surface area contributed by atoms with Gasteiger partial charge >= 0.3 is 5.97 Å². The van der Waals surface area contributed by atoms with Gasteiger partial charge in [0.15, 0.2) is 11.0 Å². The highest BCUT2D eigenvalue weighted by Crippen LogP contribution is 2.01. The van der Waals surface area contributed by atoms with Crippen LogP contribution in [0.3, 0.4) is 0 Å². The molecule has 0 bridgehead atoms. The van der Waals surface area contributed by atoms with Crippen molar-refractivity contribution < 1.29 is 9.53 Å². The number of amidine groups is 1. The Bertz CT molecular complexity index is 255. The summed E-state index contributed by atoms with van der Waals surface area (Å²) in [6.07, 6.45) is 2.77. The van der Waals surface area contributed by atoms with Gasteiger partial charge in [-0.15, -0.1) is 0 Å². The van der Waals surface area contributed by atoms with Crippen molar-refractivity contribution in [2.75, 3.05) is 6.61 Å². The van der Waals surface area contributed by atoms with Gasteiger partial charge in [0.1, 0.15) is 0 Å². The van der Waals surface area contributed by atoms with Crippen molar-refractivity contribution in [2.24, 2.45) is 10.7 Å². The zero-order valence-electron chi connectivity index (χ0n) is 7.29. The molecule has 0 fully saturated rings. The predicted molar refractivity (Wildman–Crippen MR) is 52.4 cm³/mol. The molecule has 0 aliphatic rings. The average molecular weight is 203 g/mol. The van der Waals surface area contributed by atoms with E-state index in [9.17, 15) is 4.79 Å². The Morgan fingerprint density at radius 2 is 2.38 bits per heavy atom. The summed E-state index contributed by atoms with van der Waals surface area (Å²) < 4.78 is 4.68. The van der Waals surface area contributed by atoms with E-state index in [0.717, 1.165) is 0 Å². The molecule has 0 radical (unpaired) electrons. The van der Waals surface area contributed by atoms with Crippen LogP contribution in [0.25, 0.3) is 0 Å². The summed E-state index contributed by atoms with van der Waals surface area (Å²) in [5, 5.41) is -0.221. The SMILES string of the molecule is C=C/C=C(\N=C(N)Cl)C(=O)OCC. The normalized spacial score (nSPS) is 12.5. The maximum absolute atomic E-state index is 11.1. The van der Waals surface area contributed by atoms with Crippen molar-refractivity contribution in [3.8, 4) is 0 Å². The molecule has 72 valence electrons. The van der Waals surface area contributed by atoms with Crippen LogP contribution in [0.4, 0.5) is 0 Å². The highest BCUT2D eigenvalue weighted by atomic mass is 35.5. The fourth-order valence-electron chi connectivity index (χ4n) is 0.583. The number of aliphatic imine (C=N–C) groups is 1. The van der Waals surface area contributed by atoms with Crippen molar-refractivity contribution in [3.05, 3.63) is 24.4 Å². The highest BCUT2D eigenvalue weighted by molar-refractivity contribution is 6.64. The van der Waals surface area contributed by atoms with Crippen LogP contribution in [0.15, 0.2) is 29.4 Å². The lowest BCUT2D eigenvalue weighted by molar-refractivity contribution is -0.138. The summed E-state index contributed by atoms with van der Waals surface area (Å²) in [5.74, 6) is -0.578. The Morgan fingerprint density at radius 3 is 2.77 bits per heavy atom. The lowest BCUT2D eigenvalue weighted by Crippen LogP contribution is -2.10. The van der Waals surface area contributed by atoms with Crippen molar-refractivity contribution >= 4 is 22.9 Å². The lowest BCUT2D eigenvalue weighted by Gasteiger charge is -2.00. The topological polar surface area (TPSA) is 64.7 Å². The number of allylic oxidation sites excluding steroid dienone is 2. The molecule has 0 amide bonds. The number of ether oxygens (including phenoxy) is 1. The third-order valence-electron chi connectivity index (χ3n) is 0.988. The zero-order chi connectivity index (χ0) is 10.3. The number of nitrogens with two attached hydrogens (primary N) is 1. The molecule has 0 aromatic rings. The first-order valence-corrected chi connectivity index (χ1v) is 3.99. The van der Waals surface area contributed by atoms with Crippen molar-refractivity contribution in [1.82, 2.24) is 0 Å². The quantitative estimate of drug-likeness (QED) is 0.186. The van der Waals surface area contributed by atoms with Gasteiger partial charge < -0.3 is 10.5 Å². The summed E-state index contributed by atoms with van der Waals surface area (Å²) in [7, 11) is 0. The summed E-state index contributed by atoms with van der Waals surface area (Å²) in [6, 6.07) is 0. The average Bonchev–Trinajstić information content (AvgIpc) is 2.03. The minimum atomic E-state index is -0.578. The molecule has 4 nitrogen and oxygen atoms in total.